The maximum atomic E-state index is 12.7. The molecule has 0 aliphatic carbocycles. The number of aromatic nitrogens is 2. The van der Waals surface area contributed by atoms with Crippen molar-refractivity contribution in [2.24, 2.45) is 0 Å². The van der Waals surface area contributed by atoms with Gasteiger partial charge in [-0.15, -0.1) is 0 Å². The van der Waals surface area contributed by atoms with Gasteiger partial charge in [-0.05, 0) is 43.3 Å². The van der Waals surface area contributed by atoms with Gasteiger partial charge in [-0.2, -0.15) is 0 Å². The first-order valence-corrected chi connectivity index (χ1v) is 10.9. The van der Waals surface area contributed by atoms with Crippen LogP contribution < -0.4 is 19.5 Å². The van der Waals surface area contributed by atoms with E-state index in [0.29, 0.717) is 60.8 Å². The Hall–Kier alpha value is -3.85. The summed E-state index contributed by atoms with van der Waals surface area (Å²) in [5.41, 5.74) is 2.98. The van der Waals surface area contributed by atoms with E-state index in [1.807, 2.05) is 54.3 Å². The van der Waals surface area contributed by atoms with Crippen LogP contribution in [0.4, 0.5) is 11.5 Å². The molecule has 0 radical (unpaired) electrons. The maximum absolute atomic E-state index is 12.7. The molecule has 1 saturated heterocycles. The van der Waals surface area contributed by atoms with Gasteiger partial charge in [-0.3, -0.25) is 4.79 Å². The van der Waals surface area contributed by atoms with Crippen LogP contribution in [0, 0.1) is 6.92 Å². The van der Waals surface area contributed by atoms with Crippen molar-refractivity contribution in [2.75, 3.05) is 52.9 Å². The number of methoxy groups -OCH3 is 3. The first kappa shape index (κ1) is 23.3. The molecule has 0 saturated carbocycles. The molecule has 178 valence electrons. The van der Waals surface area contributed by atoms with Gasteiger partial charge in [-0.25, -0.2) is 9.97 Å². The lowest BCUT2D eigenvalue weighted by molar-refractivity contribution is 0.0303. The molecule has 9 heteroatoms. The third-order valence-corrected chi connectivity index (χ3v) is 5.48. The minimum absolute atomic E-state index is 0.0115. The molecule has 1 amide bonds. The summed E-state index contributed by atoms with van der Waals surface area (Å²) < 4.78 is 21.6. The van der Waals surface area contributed by atoms with Gasteiger partial charge in [0, 0.05) is 41.7 Å². The van der Waals surface area contributed by atoms with E-state index in [9.17, 15) is 4.79 Å². The van der Waals surface area contributed by atoms with E-state index in [1.54, 1.807) is 21.3 Å². The normalized spacial score (nSPS) is 13.4. The summed E-state index contributed by atoms with van der Waals surface area (Å²) in [6.45, 7) is 4.28. The number of anilines is 2. The molecule has 0 unspecified atom stereocenters. The number of ether oxygens (including phenoxy) is 4. The van der Waals surface area contributed by atoms with Crippen molar-refractivity contribution in [3.63, 3.8) is 0 Å². The molecular formula is C25H28N4O5. The van der Waals surface area contributed by atoms with E-state index in [0.717, 1.165) is 16.9 Å². The van der Waals surface area contributed by atoms with E-state index in [1.165, 1.54) is 0 Å². The highest BCUT2D eigenvalue weighted by Gasteiger charge is 2.19. The standard InChI is InChI=1S/C25H28N4O5/c1-16-13-22(27-19-7-5-17(6-8-19)25(30)29-9-11-34-12-10-29)28-24(26-16)18-14-20(31-2)23(33-4)21(15-18)32-3/h5-8,13-15H,9-12H2,1-4H3,(H,26,27,28). The summed E-state index contributed by atoms with van der Waals surface area (Å²) in [7, 11) is 4.70. The molecule has 1 fully saturated rings. The molecule has 0 atom stereocenters. The van der Waals surface area contributed by atoms with Crippen LogP contribution in [0.25, 0.3) is 11.4 Å². The minimum Gasteiger partial charge on any atom is -0.493 e. The molecule has 2 aromatic carbocycles. The van der Waals surface area contributed by atoms with E-state index in [-0.39, 0.29) is 5.91 Å². The van der Waals surface area contributed by atoms with Gasteiger partial charge in [0.15, 0.2) is 17.3 Å². The molecule has 2 heterocycles. The zero-order chi connectivity index (χ0) is 24.1. The van der Waals surface area contributed by atoms with Crippen LogP contribution in [0.3, 0.4) is 0 Å². The fourth-order valence-corrected chi connectivity index (χ4v) is 3.76. The van der Waals surface area contributed by atoms with Crippen LogP contribution in [0.15, 0.2) is 42.5 Å². The van der Waals surface area contributed by atoms with Crippen LogP contribution in [0.1, 0.15) is 16.1 Å². The van der Waals surface area contributed by atoms with Crippen molar-refractivity contribution in [1.29, 1.82) is 0 Å². The molecule has 1 aliphatic heterocycles. The van der Waals surface area contributed by atoms with E-state index >= 15 is 0 Å². The smallest absolute Gasteiger partial charge is 0.254 e. The highest BCUT2D eigenvalue weighted by molar-refractivity contribution is 5.94. The number of nitrogens with one attached hydrogen (secondary N) is 1. The second kappa shape index (κ2) is 10.4. The minimum atomic E-state index is 0.0115. The number of hydrogen-bond donors (Lipinski definition) is 1. The second-order valence-corrected chi connectivity index (χ2v) is 7.74. The first-order valence-electron chi connectivity index (χ1n) is 10.9. The summed E-state index contributed by atoms with van der Waals surface area (Å²) in [5, 5.41) is 3.30. The molecule has 4 rings (SSSR count). The second-order valence-electron chi connectivity index (χ2n) is 7.74. The quantitative estimate of drug-likeness (QED) is 0.566. The number of amides is 1. The molecule has 0 bridgehead atoms. The average Bonchev–Trinajstić information content (AvgIpc) is 2.88. The maximum Gasteiger partial charge on any atom is 0.254 e. The number of hydrogen-bond acceptors (Lipinski definition) is 8. The lowest BCUT2D eigenvalue weighted by Gasteiger charge is -2.26. The van der Waals surface area contributed by atoms with Crippen molar-refractivity contribution in [3.05, 3.63) is 53.7 Å². The molecule has 1 aromatic heterocycles. The third kappa shape index (κ3) is 5.04. The lowest BCUT2D eigenvalue weighted by atomic mass is 10.1. The number of benzene rings is 2. The van der Waals surface area contributed by atoms with Crippen LogP contribution in [0.2, 0.25) is 0 Å². The van der Waals surface area contributed by atoms with E-state index in [2.05, 4.69) is 15.3 Å². The zero-order valence-electron chi connectivity index (χ0n) is 19.8. The van der Waals surface area contributed by atoms with Crippen LogP contribution in [-0.4, -0.2) is 68.4 Å². The summed E-state index contributed by atoms with van der Waals surface area (Å²) in [5.74, 6) is 2.71. The van der Waals surface area contributed by atoms with Crippen molar-refractivity contribution >= 4 is 17.4 Å². The predicted octanol–water partition coefficient (Wildman–Crippen LogP) is 3.69. The van der Waals surface area contributed by atoms with Gasteiger partial charge in [0.1, 0.15) is 5.82 Å². The first-order chi connectivity index (χ1) is 16.5. The molecule has 1 N–H and O–H groups in total. The largest absolute Gasteiger partial charge is 0.493 e. The Morgan fingerprint density at radius 2 is 1.59 bits per heavy atom. The van der Waals surface area contributed by atoms with Gasteiger partial charge in [0.25, 0.3) is 5.91 Å². The van der Waals surface area contributed by atoms with Crippen LogP contribution in [0.5, 0.6) is 17.2 Å². The van der Waals surface area contributed by atoms with E-state index in [4.69, 9.17) is 18.9 Å². The third-order valence-electron chi connectivity index (χ3n) is 5.48. The van der Waals surface area contributed by atoms with Crippen molar-refractivity contribution in [3.8, 4) is 28.6 Å². The Morgan fingerprint density at radius 1 is 0.941 bits per heavy atom. The lowest BCUT2D eigenvalue weighted by Crippen LogP contribution is -2.40. The topological polar surface area (TPSA) is 95.0 Å². The SMILES string of the molecule is COc1cc(-c2nc(C)cc(Nc3ccc(C(=O)N4CCOCC4)cc3)n2)cc(OC)c1OC. The van der Waals surface area contributed by atoms with Crippen molar-refractivity contribution in [2.45, 2.75) is 6.92 Å². The Bertz CT molecular complexity index is 1140. The Kier molecular flexibility index (Phi) is 7.12. The Labute approximate surface area is 198 Å². The van der Waals surface area contributed by atoms with Gasteiger partial charge in [0.2, 0.25) is 5.75 Å². The number of aryl methyl sites for hydroxylation is 1. The molecule has 0 spiro atoms. The van der Waals surface area contributed by atoms with Gasteiger partial charge in [0.05, 0.1) is 34.5 Å². The fraction of sp³-hybridized carbons (Fsp3) is 0.320. The fourth-order valence-electron chi connectivity index (χ4n) is 3.76. The molecule has 34 heavy (non-hydrogen) atoms. The molecule has 1 aliphatic rings. The Morgan fingerprint density at radius 3 is 2.18 bits per heavy atom. The highest BCUT2D eigenvalue weighted by Crippen LogP contribution is 2.40. The van der Waals surface area contributed by atoms with Crippen molar-refractivity contribution < 1.29 is 23.7 Å². The monoisotopic (exact) mass is 464 g/mol. The number of nitrogens with zero attached hydrogens (tertiary/aromatic N) is 3. The number of rotatable bonds is 7. The van der Waals surface area contributed by atoms with Crippen LogP contribution in [-0.2, 0) is 4.74 Å². The van der Waals surface area contributed by atoms with Gasteiger partial charge in [-0.1, -0.05) is 0 Å². The van der Waals surface area contributed by atoms with Crippen LogP contribution >= 0.6 is 0 Å². The summed E-state index contributed by atoms with van der Waals surface area (Å²) in [6, 6.07) is 12.8. The zero-order valence-corrected chi connectivity index (χ0v) is 19.8. The summed E-state index contributed by atoms with van der Waals surface area (Å²) in [4.78, 5) is 23.7. The molecule has 3 aromatic rings. The molecular weight excluding hydrogens is 436 g/mol. The van der Waals surface area contributed by atoms with E-state index < -0.39 is 0 Å². The number of carbonyl (C=O) groups is 1. The number of carbonyl (C=O) groups excluding carboxylic acids is 1. The number of morpholine rings is 1. The van der Waals surface area contributed by atoms with Gasteiger partial charge < -0.3 is 29.2 Å². The Balaban J connectivity index is 1.57. The summed E-state index contributed by atoms with van der Waals surface area (Å²) in [6.07, 6.45) is 0. The molecule has 9 nitrogen and oxygen atoms in total. The summed E-state index contributed by atoms with van der Waals surface area (Å²) >= 11 is 0. The van der Waals surface area contributed by atoms with Gasteiger partial charge >= 0.3 is 0 Å². The average molecular weight is 465 g/mol. The highest BCUT2D eigenvalue weighted by atomic mass is 16.5. The van der Waals surface area contributed by atoms with Crippen molar-refractivity contribution in [1.82, 2.24) is 14.9 Å². The predicted molar refractivity (Wildman–Crippen MR) is 128 cm³/mol.